The minimum atomic E-state index is -0.292. The number of carbonyl (C=O) groups is 2. The number of nitrogens with one attached hydrogen (secondary N) is 1. The number of rotatable bonds is 8. The largest absolute Gasteiger partial charge is 0.493 e. The monoisotopic (exact) mass is 582 g/mol. The summed E-state index contributed by atoms with van der Waals surface area (Å²) in [5.41, 5.74) is 2.45. The fraction of sp³-hybridized carbons (Fsp3) is 0.148. The van der Waals surface area contributed by atoms with Crippen LogP contribution in [0.25, 0.3) is 6.08 Å². The molecule has 0 radical (unpaired) electrons. The smallest absolute Gasteiger partial charge is 0.266 e. The fourth-order valence-corrected chi connectivity index (χ4v) is 5.30. The second-order valence-electron chi connectivity index (χ2n) is 7.89. The van der Waals surface area contributed by atoms with Gasteiger partial charge in [-0.3, -0.25) is 14.5 Å². The quantitative estimate of drug-likeness (QED) is 0.243. The number of ether oxygens (including phenoxy) is 2. The number of anilines is 1. The zero-order valence-corrected chi connectivity index (χ0v) is 22.8. The Balaban J connectivity index is 1.43. The van der Waals surface area contributed by atoms with Crippen LogP contribution in [0, 0.1) is 0 Å². The minimum Gasteiger partial charge on any atom is -0.493 e. The summed E-state index contributed by atoms with van der Waals surface area (Å²) in [6.07, 6.45) is 1.78. The van der Waals surface area contributed by atoms with E-state index in [1.54, 1.807) is 41.3 Å². The van der Waals surface area contributed by atoms with Crippen LogP contribution in [0.3, 0.4) is 0 Å². The highest BCUT2D eigenvalue weighted by atomic mass is 79.9. The Kier molecular flexibility index (Phi) is 8.45. The zero-order valence-electron chi connectivity index (χ0n) is 19.6. The van der Waals surface area contributed by atoms with Crippen molar-refractivity contribution in [2.75, 3.05) is 19.0 Å². The van der Waals surface area contributed by atoms with Gasteiger partial charge in [-0.05, 0) is 60.5 Å². The molecule has 184 valence electrons. The molecule has 36 heavy (non-hydrogen) atoms. The van der Waals surface area contributed by atoms with Crippen LogP contribution in [0.5, 0.6) is 11.5 Å². The van der Waals surface area contributed by atoms with Crippen LogP contribution in [-0.2, 0) is 9.59 Å². The first-order valence-electron chi connectivity index (χ1n) is 11.0. The molecule has 1 N–H and O–H groups in total. The summed E-state index contributed by atoms with van der Waals surface area (Å²) in [4.78, 5) is 27.6. The molecule has 1 saturated heterocycles. The Morgan fingerprint density at radius 2 is 1.83 bits per heavy atom. The van der Waals surface area contributed by atoms with E-state index in [1.165, 1.54) is 18.9 Å². The molecule has 1 fully saturated rings. The van der Waals surface area contributed by atoms with Crippen LogP contribution in [0.15, 0.2) is 82.2 Å². The molecule has 4 rings (SSSR count). The molecule has 0 unspecified atom stereocenters. The van der Waals surface area contributed by atoms with E-state index < -0.39 is 0 Å². The second kappa shape index (κ2) is 11.7. The molecule has 0 saturated carbocycles. The average Bonchev–Trinajstić information content (AvgIpc) is 3.16. The number of thioether (sulfide) groups is 1. The van der Waals surface area contributed by atoms with E-state index in [0.717, 1.165) is 15.6 Å². The molecule has 1 heterocycles. The third-order valence-electron chi connectivity index (χ3n) is 5.47. The van der Waals surface area contributed by atoms with Crippen molar-refractivity contribution in [2.24, 2.45) is 0 Å². The first-order chi connectivity index (χ1) is 17.4. The van der Waals surface area contributed by atoms with Gasteiger partial charge in [-0.25, -0.2) is 0 Å². The predicted molar refractivity (Wildman–Crippen MR) is 151 cm³/mol. The van der Waals surface area contributed by atoms with E-state index in [4.69, 9.17) is 21.7 Å². The van der Waals surface area contributed by atoms with Gasteiger partial charge < -0.3 is 14.8 Å². The van der Waals surface area contributed by atoms with Crippen LogP contribution in [0.2, 0.25) is 0 Å². The average molecular weight is 584 g/mol. The van der Waals surface area contributed by atoms with Crippen molar-refractivity contribution >= 4 is 67.8 Å². The van der Waals surface area contributed by atoms with Gasteiger partial charge in [-0.2, -0.15) is 0 Å². The van der Waals surface area contributed by atoms with Gasteiger partial charge >= 0.3 is 0 Å². The fourth-order valence-electron chi connectivity index (χ4n) is 3.61. The topological polar surface area (TPSA) is 67.9 Å². The number of amides is 2. The minimum absolute atomic E-state index is 0.134. The van der Waals surface area contributed by atoms with Crippen LogP contribution in [-0.4, -0.2) is 34.8 Å². The normalized spacial score (nSPS) is 15.2. The highest BCUT2D eigenvalue weighted by Gasteiger charge is 2.35. The molecule has 9 heteroatoms. The van der Waals surface area contributed by atoms with E-state index in [1.807, 2.05) is 49.4 Å². The first kappa shape index (κ1) is 25.9. The number of benzene rings is 3. The van der Waals surface area contributed by atoms with E-state index in [0.29, 0.717) is 26.4 Å². The number of halogens is 1. The maximum absolute atomic E-state index is 13.1. The number of thiocarbonyl (C=S) groups is 1. The molecule has 1 aliphatic rings. The molecule has 0 aromatic heterocycles. The molecule has 3 aromatic rings. The standard InChI is InChI=1S/C27H23BrN2O4S2/c1-17(19-6-4-3-5-7-19)30-26(32)24(36-27(30)35)15-18-8-13-22(23(14-18)33-2)34-16-25(31)29-21-11-9-20(28)10-12-21/h3-15,17H,16H2,1-2H3,(H,29,31)/b24-15-/t17-/m1/s1. The predicted octanol–water partition coefficient (Wildman–Crippen LogP) is 6.44. The van der Waals surface area contributed by atoms with E-state index in [2.05, 4.69) is 21.2 Å². The van der Waals surface area contributed by atoms with Gasteiger partial charge in [-0.1, -0.05) is 76.3 Å². The van der Waals surface area contributed by atoms with Crippen LogP contribution < -0.4 is 14.8 Å². The molecule has 0 aliphatic carbocycles. The van der Waals surface area contributed by atoms with Crippen molar-refractivity contribution in [3.63, 3.8) is 0 Å². The maximum Gasteiger partial charge on any atom is 0.266 e. The van der Waals surface area contributed by atoms with Gasteiger partial charge in [-0.15, -0.1) is 0 Å². The Morgan fingerprint density at radius 1 is 1.11 bits per heavy atom. The van der Waals surface area contributed by atoms with Crippen LogP contribution in [0.4, 0.5) is 5.69 Å². The number of carbonyl (C=O) groups excluding carboxylic acids is 2. The highest BCUT2D eigenvalue weighted by molar-refractivity contribution is 9.10. The molecular weight excluding hydrogens is 560 g/mol. The Morgan fingerprint density at radius 3 is 2.53 bits per heavy atom. The van der Waals surface area contributed by atoms with Gasteiger partial charge in [0.2, 0.25) is 0 Å². The van der Waals surface area contributed by atoms with Crippen molar-refractivity contribution < 1.29 is 19.1 Å². The van der Waals surface area contributed by atoms with E-state index in [9.17, 15) is 9.59 Å². The number of hydrogen-bond acceptors (Lipinski definition) is 6. The first-order valence-corrected chi connectivity index (χ1v) is 13.1. The van der Waals surface area contributed by atoms with Gasteiger partial charge in [0.15, 0.2) is 18.1 Å². The lowest BCUT2D eigenvalue weighted by Crippen LogP contribution is -2.30. The Hall–Kier alpha value is -3.14. The molecule has 1 aliphatic heterocycles. The third kappa shape index (κ3) is 6.16. The zero-order chi connectivity index (χ0) is 25.7. The van der Waals surface area contributed by atoms with Crippen molar-refractivity contribution in [3.8, 4) is 11.5 Å². The number of hydrogen-bond donors (Lipinski definition) is 1. The molecular formula is C27H23BrN2O4S2. The van der Waals surface area contributed by atoms with Crippen molar-refractivity contribution in [2.45, 2.75) is 13.0 Å². The Bertz CT molecular complexity index is 1310. The van der Waals surface area contributed by atoms with E-state index >= 15 is 0 Å². The van der Waals surface area contributed by atoms with Gasteiger partial charge in [0, 0.05) is 10.2 Å². The number of nitrogens with zero attached hydrogens (tertiary/aromatic N) is 1. The van der Waals surface area contributed by atoms with Gasteiger partial charge in [0.25, 0.3) is 11.8 Å². The third-order valence-corrected chi connectivity index (χ3v) is 7.32. The SMILES string of the molecule is COc1cc(/C=C2\SC(=S)N([C@H](C)c3ccccc3)C2=O)ccc1OCC(=O)Nc1ccc(Br)cc1. The maximum atomic E-state index is 13.1. The van der Waals surface area contributed by atoms with Crippen molar-refractivity contribution in [1.29, 1.82) is 0 Å². The summed E-state index contributed by atoms with van der Waals surface area (Å²) in [5.74, 6) is 0.448. The lowest BCUT2D eigenvalue weighted by Gasteiger charge is -2.23. The molecule has 0 spiro atoms. The molecule has 1 atom stereocenters. The lowest BCUT2D eigenvalue weighted by molar-refractivity contribution is -0.123. The van der Waals surface area contributed by atoms with Gasteiger partial charge in [0.1, 0.15) is 4.32 Å². The van der Waals surface area contributed by atoms with Gasteiger partial charge in [0.05, 0.1) is 18.1 Å². The summed E-state index contributed by atoms with van der Waals surface area (Å²) in [5, 5.41) is 2.78. The molecule has 2 amide bonds. The molecule has 0 bridgehead atoms. The summed E-state index contributed by atoms with van der Waals surface area (Å²) in [6.45, 7) is 1.78. The van der Waals surface area contributed by atoms with E-state index in [-0.39, 0.29) is 24.5 Å². The van der Waals surface area contributed by atoms with Crippen molar-refractivity contribution in [3.05, 3.63) is 93.3 Å². The molecule has 6 nitrogen and oxygen atoms in total. The van der Waals surface area contributed by atoms with Crippen LogP contribution in [0.1, 0.15) is 24.1 Å². The second-order valence-corrected chi connectivity index (χ2v) is 10.5. The summed E-state index contributed by atoms with van der Waals surface area (Å²) in [6, 6.07) is 22.2. The van der Waals surface area contributed by atoms with Crippen LogP contribution >= 0.6 is 39.9 Å². The highest BCUT2D eigenvalue weighted by Crippen LogP contribution is 2.39. The summed E-state index contributed by atoms with van der Waals surface area (Å²) < 4.78 is 12.6. The Labute approximate surface area is 227 Å². The van der Waals surface area contributed by atoms with Crippen molar-refractivity contribution in [1.82, 2.24) is 4.90 Å². The summed E-state index contributed by atoms with van der Waals surface area (Å²) >= 11 is 10.1. The molecule has 3 aromatic carbocycles. The number of methoxy groups -OCH3 is 1. The lowest BCUT2D eigenvalue weighted by atomic mass is 10.1. The summed E-state index contributed by atoms with van der Waals surface area (Å²) in [7, 11) is 1.52.